The molecule has 0 aliphatic carbocycles. The highest BCUT2D eigenvalue weighted by Crippen LogP contribution is 2.50. The van der Waals surface area contributed by atoms with Crippen LogP contribution in [0.15, 0.2) is 437 Å². The lowest BCUT2D eigenvalue weighted by Gasteiger charge is -2.16. The predicted octanol–water partition coefficient (Wildman–Crippen LogP) is 30.9. The smallest absolute Gasteiger partial charge is 0.0625 e. The second-order valence-corrected chi connectivity index (χ2v) is 32.6. The van der Waals surface area contributed by atoms with Crippen LogP contribution in [0, 0.1) is 0 Å². The molecule has 0 amide bonds. The van der Waals surface area contributed by atoms with E-state index in [2.05, 4.69) is 464 Å². The fourth-order valence-electron chi connectivity index (χ4n) is 20.7. The van der Waals surface area contributed by atoms with Crippen molar-refractivity contribution < 1.29 is 0 Å². The second-order valence-electron chi connectivity index (χ2n) is 32.6. The molecule has 0 spiro atoms. The number of nitrogens with zero attached hydrogens (tertiary/aromatic N) is 6. The first-order chi connectivity index (χ1) is 60.5. The Morgan fingerprint density at radius 2 is 0.369 bits per heavy atom. The van der Waals surface area contributed by atoms with Crippen molar-refractivity contribution in [2.75, 3.05) is 0 Å². The van der Waals surface area contributed by atoms with E-state index >= 15 is 0 Å². The number of benzene rings is 20. The molecule has 0 aliphatic rings. The molecule has 6 heteroatoms. The van der Waals surface area contributed by atoms with Crippen molar-refractivity contribution in [3.63, 3.8) is 0 Å². The number of hydrogen-bond donors (Lipinski definition) is 0. The van der Waals surface area contributed by atoms with Gasteiger partial charge in [-0.1, -0.05) is 279 Å². The van der Waals surface area contributed by atoms with Gasteiger partial charge in [0.15, 0.2) is 0 Å². The molecule has 0 atom stereocenters. The molecule has 566 valence electrons. The summed E-state index contributed by atoms with van der Waals surface area (Å²) >= 11 is 0. The van der Waals surface area contributed by atoms with Crippen LogP contribution in [0.3, 0.4) is 0 Å². The van der Waals surface area contributed by atoms with Gasteiger partial charge >= 0.3 is 0 Å². The van der Waals surface area contributed by atoms with Crippen LogP contribution < -0.4 is 0 Å². The maximum Gasteiger partial charge on any atom is 0.0625 e. The first kappa shape index (κ1) is 67.8. The minimum atomic E-state index is 1.09. The molecule has 0 bridgehead atoms. The fraction of sp³-hybridized carbons (Fsp3) is 0. The van der Waals surface area contributed by atoms with Crippen LogP contribution in [0.25, 0.3) is 242 Å². The Bertz CT molecular complexity index is 8840. The maximum absolute atomic E-state index is 2.57. The van der Waals surface area contributed by atoms with Crippen molar-refractivity contribution in [3.8, 4) is 89.8 Å². The summed E-state index contributed by atoms with van der Waals surface area (Å²) in [6.45, 7) is 0. The van der Waals surface area contributed by atoms with Gasteiger partial charge < -0.3 is 27.4 Å². The van der Waals surface area contributed by atoms with Crippen molar-refractivity contribution in [3.05, 3.63) is 437 Å². The molecule has 6 nitrogen and oxygen atoms in total. The summed E-state index contributed by atoms with van der Waals surface area (Å²) in [4.78, 5) is 0. The van der Waals surface area contributed by atoms with Gasteiger partial charge in [0.25, 0.3) is 0 Å². The van der Waals surface area contributed by atoms with Crippen molar-refractivity contribution in [1.29, 1.82) is 0 Å². The minimum absolute atomic E-state index is 1.09. The molecular formula is C116H72N6. The summed E-state index contributed by atoms with van der Waals surface area (Å²) in [7, 11) is 0. The van der Waals surface area contributed by atoms with Gasteiger partial charge in [0.1, 0.15) is 0 Å². The van der Waals surface area contributed by atoms with Crippen molar-refractivity contribution in [2.45, 2.75) is 0 Å². The lowest BCUT2D eigenvalue weighted by Crippen LogP contribution is -1.98. The zero-order chi connectivity index (χ0) is 79.8. The number of rotatable bonds is 11. The Labute approximate surface area is 701 Å². The van der Waals surface area contributed by atoms with Gasteiger partial charge in [-0.05, 0) is 224 Å². The Balaban J connectivity index is 0.627. The van der Waals surface area contributed by atoms with E-state index in [4.69, 9.17) is 0 Å². The molecular weight excluding hydrogens is 1480 g/mol. The first-order valence-corrected chi connectivity index (χ1v) is 42.1. The van der Waals surface area contributed by atoms with Crippen LogP contribution in [0.5, 0.6) is 0 Å². The molecule has 6 aromatic heterocycles. The highest BCUT2D eigenvalue weighted by molar-refractivity contribution is 6.25. The van der Waals surface area contributed by atoms with E-state index in [1.54, 1.807) is 0 Å². The minimum Gasteiger partial charge on any atom is -0.309 e. The molecule has 122 heavy (non-hydrogen) atoms. The van der Waals surface area contributed by atoms with Crippen molar-refractivity contribution >= 4 is 152 Å². The normalized spacial score (nSPS) is 12.1. The Morgan fingerprint density at radius 1 is 0.115 bits per heavy atom. The Hall–Kier alpha value is -16.3. The third-order valence-electron chi connectivity index (χ3n) is 26.1. The van der Waals surface area contributed by atoms with E-state index in [-0.39, 0.29) is 0 Å². The zero-order valence-electron chi connectivity index (χ0n) is 66.3. The first-order valence-electron chi connectivity index (χ1n) is 42.1. The van der Waals surface area contributed by atoms with E-state index < -0.39 is 0 Å². The molecule has 20 aromatic carbocycles. The molecule has 26 aromatic rings. The number of para-hydroxylation sites is 6. The van der Waals surface area contributed by atoms with Crippen LogP contribution >= 0.6 is 0 Å². The van der Waals surface area contributed by atoms with E-state index in [9.17, 15) is 0 Å². The van der Waals surface area contributed by atoms with Gasteiger partial charge in [-0.15, -0.1) is 0 Å². The van der Waals surface area contributed by atoms with Gasteiger partial charge in [0.05, 0.1) is 66.2 Å². The lowest BCUT2D eigenvalue weighted by molar-refractivity contribution is 1.16. The van der Waals surface area contributed by atoms with Gasteiger partial charge in [-0.2, -0.15) is 0 Å². The molecule has 6 heterocycles. The number of aromatic nitrogens is 6. The third-order valence-corrected chi connectivity index (χ3v) is 26.1. The molecule has 0 N–H and O–H groups in total. The number of hydrogen-bond acceptors (Lipinski definition) is 0. The lowest BCUT2D eigenvalue weighted by atomic mass is 9.93. The monoisotopic (exact) mass is 1550 g/mol. The van der Waals surface area contributed by atoms with E-state index in [1.165, 1.54) is 147 Å². The summed E-state index contributed by atoms with van der Waals surface area (Å²) in [5.41, 5.74) is 32.4. The standard InChI is InChI=1S/C116H72N6/c1-4-24-73(25-5-1)75-44-53-84(54-45-75)118-104-40-20-15-35-92(104)97-69-81(52-63-108(97)118)113-89-32-12-11-29-80(89)68-102-98-66-78(51-62-111(98)122(116(102)113)88-60-64-109-99(72-88)93-36-16-21-41-105(93)117(109)83-30-8-3-9-31-83)77-48-57-85(58-49-77)119-106-42-22-17-37-94(106)100-71-87(59-65-110(100)119)121-107-43-23-18-38-95(107)101-67-79-28-10-13-33-90(79)114(115(101)121)82-50-61-96-91-34-14-19-39-103(91)120(112(96)70-82)86-55-46-76(47-56-86)74-26-6-2-7-27-74/h1-72H. The Morgan fingerprint density at radius 3 is 0.828 bits per heavy atom. The van der Waals surface area contributed by atoms with E-state index in [0.717, 1.165) is 95.0 Å². The molecule has 0 aliphatic heterocycles. The molecule has 26 rings (SSSR count). The highest BCUT2D eigenvalue weighted by atomic mass is 15.0. The van der Waals surface area contributed by atoms with Crippen LogP contribution in [0.1, 0.15) is 0 Å². The summed E-state index contributed by atoms with van der Waals surface area (Å²) in [6, 6.07) is 163. The maximum atomic E-state index is 2.57. The highest BCUT2D eigenvalue weighted by Gasteiger charge is 2.27. The van der Waals surface area contributed by atoms with Crippen molar-refractivity contribution in [1.82, 2.24) is 27.4 Å². The van der Waals surface area contributed by atoms with Gasteiger partial charge in [0, 0.05) is 110 Å². The predicted molar refractivity (Wildman–Crippen MR) is 515 cm³/mol. The topological polar surface area (TPSA) is 29.6 Å². The second kappa shape index (κ2) is 26.6. The van der Waals surface area contributed by atoms with Crippen LogP contribution in [0.4, 0.5) is 0 Å². The molecule has 0 saturated carbocycles. The quantitative estimate of drug-likeness (QED) is 0.124. The van der Waals surface area contributed by atoms with E-state index in [1.807, 2.05) is 0 Å². The Kier molecular flexibility index (Phi) is 14.8. The van der Waals surface area contributed by atoms with Gasteiger partial charge in [0.2, 0.25) is 0 Å². The van der Waals surface area contributed by atoms with E-state index in [0.29, 0.717) is 0 Å². The number of fused-ring (bicyclic) bond motifs is 20. The fourth-order valence-corrected chi connectivity index (χ4v) is 20.7. The largest absolute Gasteiger partial charge is 0.309 e. The van der Waals surface area contributed by atoms with Crippen LogP contribution in [0.2, 0.25) is 0 Å². The van der Waals surface area contributed by atoms with Crippen LogP contribution in [-0.4, -0.2) is 27.4 Å². The molecule has 0 radical (unpaired) electrons. The van der Waals surface area contributed by atoms with Gasteiger partial charge in [-0.25, -0.2) is 0 Å². The SMILES string of the molecule is c1ccc(-c2ccc(-n3c4ccccc4c4cc(-c5c6ccccc6cc6c7cc(-c8ccc(-n9c%10ccccc%10c%10cc(-n%11c%12ccccc%12c%12cc%13ccccc%13c(-c%13ccc%14c%15ccccc%15n(-c%15ccc(-c%16ccccc%16)cc%15)c%14c%13)c%12%11)ccc%109)cc8)ccc7n(-c7ccc8c(c7)c7ccccc7n8-c7ccccc7)c56)ccc43)cc2)cc1. The summed E-state index contributed by atoms with van der Waals surface area (Å²) in [5.74, 6) is 0. The summed E-state index contributed by atoms with van der Waals surface area (Å²) < 4.78 is 14.9. The molecule has 0 unspecified atom stereocenters. The average Bonchev–Trinajstić information content (AvgIpc) is 1.55. The van der Waals surface area contributed by atoms with Crippen molar-refractivity contribution in [2.24, 2.45) is 0 Å². The van der Waals surface area contributed by atoms with Crippen LogP contribution in [-0.2, 0) is 0 Å². The molecule has 0 fully saturated rings. The average molecular weight is 1550 g/mol. The van der Waals surface area contributed by atoms with Gasteiger partial charge in [-0.3, -0.25) is 0 Å². The summed E-state index contributed by atoms with van der Waals surface area (Å²) in [6.07, 6.45) is 0. The zero-order valence-corrected chi connectivity index (χ0v) is 66.3. The summed E-state index contributed by atoms with van der Waals surface area (Å²) in [5, 5.41) is 19.3. The molecule has 0 saturated heterocycles. The third kappa shape index (κ3) is 10.2.